The van der Waals surface area contributed by atoms with Crippen LogP contribution in [0.15, 0.2) is 54.6 Å². The molecule has 2 aromatic rings. The van der Waals surface area contributed by atoms with Crippen molar-refractivity contribution in [2.24, 2.45) is 0 Å². The van der Waals surface area contributed by atoms with Crippen molar-refractivity contribution in [1.29, 1.82) is 0 Å². The third-order valence-electron chi connectivity index (χ3n) is 4.00. The Kier molecular flexibility index (Phi) is 4.83. The highest BCUT2D eigenvalue weighted by Gasteiger charge is 2.29. The van der Waals surface area contributed by atoms with E-state index in [1.54, 1.807) is 18.2 Å². The molecule has 0 radical (unpaired) electrons. The lowest BCUT2D eigenvalue weighted by atomic mass is 10.0. The average Bonchev–Trinajstić information content (AvgIpc) is 2.56. The van der Waals surface area contributed by atoms with Crippen molar-refractivity contribution in [3.05, 3.63) is 71.5 Å². The van der Waals surface area contributed by atoms with Crippen LogP contribution in [0.25, 0.3) is 0 Å². The molecule has 2 aromatic carbocycles. The van der Waals surface area contributed by atoms with Crippen molar-refractivity contribution in [3.63, 3.8) is 0 Å². The van der Waals surface area contributed by atoms with Gasteiger partial charge in [0.15, 0.2) is 0 Å². The van der Waals surface area contributed by atoms with Gasteiger partial charge in [0, 0.05) is 25.2 Å². The average molecular weight is 301 g/mol. The SMILES string of the molecule is OC(c1ccccc1F)[C@H]1CN(Cc2ccccc2)CCO1. The molecule has 0 spiro atoms. The highest BCUT2D eigenvalue weighted by atomic mass is 19.1. The fraction of sp³-hybridized carbons (Fsp3) is 0.333. The quantitative estimate of drug-likeness (QED) is 0.942. The summed E-state index contributed by atoms with van der Waals surface area (Å²) in [4.78, 5) is 2.23. The Bertz CT molecular complexity index is 605. The summed E-state index contributed by atoms with van der Waals surface area (Å²) >= 11 is 0. The number of ether oxygens (including phenoxy) is 1. The van der Waals surface area contributed by atoms with Crippen LogP contribution in [0, 0.1) is 5.82 Å². The first-order valence-corrected chi connectivity index (χ1v) is 7.54. The molecule has 0 bridgehead atoms. The van der Waals surface area contributed by atoms with Gasteiger partial charge in [-0.2, -0.15) is 0 Å². The van der Waals surface area contributed by atoms with Gasteiger partial charge in [0.2, 0.25) is 0 Å². The predicted octanol–water partition coefficient (Wildman–Crippen LogP) is 2.76. The van der Waals surface area contributed by atoms with Crippen LogP contribution < -0.4 is 0 Å². The number of aliphatic hydroxyl groups excluding tert-OH is 1. The fourth-order valence-corrected chi connectivity index (χ4v) is 2.82. The summed E-state index contributed by atoms with van der Waals surface area (Å²) < 4.78 is 19.5. The minimum atomic E-state index is -0.945. The van der Waals surface area contributed by atoms with E-state index in [0.29, 0.717) is 18.7 Å². The molecular formula is C18H20FNO2. The number of aliphatic hydroxyl groups is 1. The first kappa shape index (κ1) is 15.2. The van der Waals surface area contributed by atoms with Crippen molar-refractivity contribution in [1.82, 2.24) is 4.90 Å². The molecule has 1 aliphatic heterocycles. The maximum Gasteiger partial charge on any atom is 0.129 e. The van der Waals surface area contributed by atoms with Crippen LogP contribution in [0.2, 0.25) is 0 Å². The number of benzene rings is 2. The zero-order valence-electron chi connectivity index (χ0n) is 12.4. The van der Waals surface area contributed by atoms with E-state index in [1.165, 1.54) is 11.6 Å². The molecule has 0 aliphatic carbocycles. The van der Waals surface area contributed by atoms with Gasteiger partial charge in [-0.15, -0.1) is 0 Å². The molecule has 1 N–H and O–H groups in total. The summed E-state index contributed by atoms with van der Waals surface area (Å²) in [6, 6.07) is 16.5. The molecule has 1 aliphatic rings. The molecule has 4 heteroatoms. The van der Waals surface area contributed by atoms with Crippen LogP contribution >= 0.6 is 0 Å². The maximum atomic E-state index is 13.8. The predicted molar refractivity (Wildman–Crippen MR) is 82.8 cm³/mol. The monoisotopic (exact) mass is 301 g/mol. The first-order valence-electron chi connectivity index (χ1n) is 7.54. The van der Waals surface area contributed by atoms with Gasteiger partial charge in [0.05, 0.1) is 6.61 Å². The molecule has 2 atom stereocenters. The van der Waals surface area contributed by atoms with E-state index in [1.807, 2.05) is 18.2 Å². The number of hydrogen-bond acceptors (Lipinski definition) is 3. The van der Waals surface area contributed by atoms with E-state index < -0.39 is 18.0 Å². The molecule has 0 aromatic heterocycles. The van der Waals surface area contributed by atoms with E-state index in [-0.39, 0.29) is 0 Å². The van der Waals surface area contributed by atoms with E-state index in [0.717, 1.165) is 13.1 Å². The van der Waals surface area contributed by atoms with Gasteiger partial charge < -0.3 is 9.84 Å². The van der Waals surface area contributed by atoms with Gasteiger partial charge in [-0.3, -0.25) is 4.90 Å². The van der Waals surface area contributed by atoms with Crippen LogP contribution in [0.4, 0.5) is 4.39 Å². The molecule has 0 amide bonds. The van der Waals surface area contributed by atoms with Crippen molar-refractivity contribution < 1.29 is 14.2 Å². The van der Waals surface area contributed by atoms with Gasteiger partial charge in [-0.1, -0.05) is 48.5 Å². The van der Waals surface area contributed by atoms with Crippen LogP contribution in [-0.4, -0.2) is 35.8 Å². The number of hydrogen-bond donors (Lipinski definition) is 1. The van der Waals surface area contributed by atoms with E-state index in [2.05, 4.69) is 17.0 Å². The molecule has 3 rings (SSSR count). The van der Waals surface area contributed by atoms with Gasteiger partial charge in [-0.05, 0) is 11.6 Å². The van der Waals surface area contributed by atoms with Crippen LogP contribution in [0.1, 0.15) is 17.2 Å². The largest absolute Gasteiger partial charge is 0.386 e. The summed E-state index contributed by atoms with van der Waals surface area (Å²) in [5.41, 5.74) is 1.53. The normalized spacial score (nSPS) is 20.7. The van der Waals surface area contributed by atoms with Crippen LogP contribution in [0.3, 0.4) is 0 Å². The van der Waals surface area contributed by atoms with Gasteiger partial charge in [0.1, 0.15) is 18.0 Å². The smallest absolute Gasteiger partial charge is 0.129 e. The zero-order chi connectivity index (χ0) is 15.4. The molecule has 116 valence electrons. The Balaban J connectivity index is 1.66. The van der Waals surface area contributed by atoms with Crippen molar-refractivity contribution in [3.8, 4) is 0 Å². The van der Waals surface area contributed by atoms with Gasteiger partial charge >= 0.3 is 0 Å². The van der Waals surface area contributed by atoms with Crippen LogP contribution in [-0.2, 0) is 11.3 Å². The highest BCUT2D eigenvalue weighted by molar-refractivity contribution is 5.21. The molecule has 22 heavy (non-hydrogen) atoms. The Morgan fingerprint density at radius 1 is 1.14 bits per heavy atom. The molecule has 3 nitrogen and oxygen atoms in total. The molecule has 1 fully saturated rings. The lowest BCUT2D eigenvalue weighted by molar-refractivity contribution is -0.0927. The summed E-state index contributed by atoms with van der Waals surface area (Å²) in [6.07, 6.45) is -1.35. The topological polar surface area (TPSA) is 32.7 Å². The molecular weight excluding hydrogens is 281 g/mol. The van der Waals surface area contributed by atoms with E-state index >= 15 is 0 Å². The number of rotatable bonds is 4. The number of morpholine rings is 1. The van der Waals surface area contributed by atoms with E-state index in [4.69, 9.17) is 4.74 Å². The number of halogens is 1. The summed E-state index contributed by atoms with van der Waals surface area (Å²) in [6.45, 7) is 2.76. The van der Waals surface area contributed by atoms with Crippen molar-refractivity contribution in [2.45, 2.75) is 18.8 Å². The highest BCUT2D eigenvalue weighted by Crippen LogP contribution is 2.25. The Morgan fingerprint density at radius 2 is 1.86 bits per heavy atom. The molecule has 1 heterocycles. The third-order valence-corrected chi connectivity index (χ3v) is 4.00. The zero-order valence-corrected chi connectivity index (χ0v) is 12.4. The number of nitrogens with zero attached hydrogens (tertiary/aromatic N) is 1. The summed E-state index contributed by atoms with van der Waals surface area (Å²) in [5, 5.41) is 10.4. The minimum Gasteiger partial charge on any atom is -0.386 e. The standard InChI is InChI=1S/C18H20FNO2/c19-16-9-5-4-8-15(16)18(21)17-13-20(10-11-22-17)12-14-6-2-1-3-7-14/h1-9,17-18,21H,10-13H2/t17-,18?/m1/s1. The Labute approximate surface area is 130 Å². The van der Waals surface area contributed by atoms with Gasteiger partial charge in [0.25, 0.3) is 0 Å². The molecule has 0 saturated carbocycles. The van der Waals surface area contributed by atoms with Gasteiger partial charge in [-0.25, -0.2) is 4.39 Å². The Morgan fingerprint density at radius 3 is 2.64 bits per heavy atom. The third kappa shape index (κ3) is 3.53. The van der Waals surface area contributed by atoms with Crippen LogP contribution in [0.5, 0.6) is 0 Å². The Hall–Kier alpha value is -1.75. The van der Waals surface area contributed by atoms with Crippen molar-refractivity contribution >= 4 is 0 Å². The second kappa shape index (κ2) is 7.01. The summed E-state index contributed by atoms with van der Waals surface area (Å²) in [5.74, 6) is -0.390. The molecule has 1 saturated heterocycles. The fourth-order valence-electron chi connectivity index (χ4n) is 2.82. The lowest BCUT2D eigenvalue weighted by Gasteiger charge is -2.35. The maximum absolute atomic E-state index is 13.8. The molecule has 1 unspecified atom stereocenters. The second-order valence-corrected chi connectivity index (χ2v) is 5.60. The first-order chi connectivity index (χ1) is 10.7. The minimum absolute atomic E-state index is 0.300. The lowest BCUT2D eigenvalue weighted by Crippen LogP contribution is -2.44. The van der Waals surface area contributed by atoms with E-state index in [9.17, 15) is 9.50 Å². The van der Waals surface area contributed by atoms with Crippen molar-refractivity contribution in [2.75, 3.05) is 19.7 Å². The summed E-state index contributed by atoms with van der Waals surface area (Å²) in [7, 11) is 0. The second-order valence-electron chi connectivity index (χ2n) is 5.60.